The molecule has 1 heterocycles. The van der Waals surface area contributed by atoms with Crippen LogP contribution >= 0.6 is 0 Å². The third-order valence-corrected chi connectivity index (χ3v) is 4.24. The summed E-state index contributed by atoms with van der Waals surface area (Å²) in [5, 5.41) is 9.11. The number of carbonyl (C=O) groups is 1. The van der Waals surface area contributed by atoms with E-state index in [0.29, 0.717) is 0 Å². The maximum absolute atomic E-state index is 12.4. The third kappa shape index (κ3) is 2.99. The second-order valence-corrected chi connectivity index (χ2v) is 5.53. The summed E-state index contributed by atoms with van der Waals surface area (Å²) in [5.41, 5.74) is 6.12. The molecule has 98 valence electrons. The van der Waals surface area contributed by atoms with Crippen LogP contribution < -0.4 is 5.73 Å². The van der Waals surface area contributed by atoms with Crippen LogP contribution in [0, 0.1) is 11.8 Å². The van der Waals surface area contributed by atoms with E-state index in [1.54, 1.807) is 0 Å². The van der Waals surface area contributed by atoms with Gasteiger partial charge in [-0.05, 0) is 19.3 Å². The van der Waals surface area contributed by atoms with E-state index in [2.05, 4.69) is 0 Å². The SMILES string of the molecule is NC1CCCCCC1C(=O)N1CCC(CO)C1. The van der Waals surface area contributed by atoms with Crippen molar-refractivity contribution in [1.29, 1.82) is 0 Å². The Morgan fingerprint density at radius 2 is 2.00 bits per heavy atom. The number of amides is 1. The molecule has 0 radical (unpaired) electrons. The van der Waals surface area contributed by atoms with E-state index in [4.69, 9.17) is 10.8 Å². The Labute approximate surface area is 103 Å². The summed E-state index contributed by atoms with van der Waals surface area (Å²) in [4.78, 5) is 14.3. The van der Waals surface area contributed by atoms with Gasteiger partial charge in [0, 0.05) is 31.7 Å². The molecule has 3 unspecified atom stereocenters. The van der Waals surface area contributed by atoms with Crippen LogP contribution in [0.3, 0.4) is 0 Å². The Morgan fingerprint density at radius 1 is 1.24 bits per heavy atom. The minimum absolute atomic E-state index is 0.0231. The fourth-order valence-corrected chi connectivity index (χ4v) is 3.06. The van der Waals surface area contributed by atoms with E-state index in [0.717, 1.165) is 45.2 Å². The Bertz CT molecular complexity index is 270. The molecule has 2 fully saturated rings. The number of aliphatic hydroxyl groups excluding tert-OH is 1. The number of hydrogen-bond acceptors (Lipinski definition) is 3. The molecule has 1 aliphatic heterocycles. The molecular formula is C13H24N2O2. The fraction of sp³-hybridized carbons (Fsp3) is 0.923. The van der Waals surface area contributed by atoms with Crippen molar-refractivity contribution in [1.82, 2.24) is 4.90 Å². The number of nitrogens with two attached hydrogens (primary N) is 1. The summed E-state index contributed by atoms with van der Waals surface area (Å²) in [6.07, 6.45) is 6.35. The molecule has 4 nitrogen and oxygen atoms in total. The van der Waals surface area contributed by atoms with E-state index in [9.17, 15) is 4.79 Å². The molecular weight excluding hydrogens is 216 g/mol. The first-order valence-corrected chi connectivity index (χ1v) is 6.87. The Kier molecular flexibility index (Phi) is 4.40. The van der Waals surface area contributed by atoms with Gasteiger partial charge in [-0.1, -0.05) is 19.3 Å². The van der Waals surface area contributed by atoms with E-state index in [-0.39, 0.29) is 30.4 Å². The van der Waals surface area contributed by atoms with Crippen molar-refractivity contribution in [3.05, 3.63) is 0 Å². The normalized spacial score (nSPS) is 34.7. The predicted molar refractivity (Wildman–Crippen MR) is 66.3 cm³/mol. The van der Waals surface area contributed by atoms with Crippen LogP contribution in [0.5, 0.6) is 0 Å². The van der Waals surface area contributed by atoms with Gasteiger partial charge in [0.1, 0.15) is 0 Å². The van der Waals surface area contributed by atoms with E-state index >= 15 is 0 Å². The van der Waals surface area contributed by atoms with Crippen LogP contribution in [-0.4, -0.2) is 41.7 Å². The highest BCUT2D eigenvalue weighted by atomic mass is 16.3. The summed E-state index contributed by atoms with van der Waals surface area (Å²) in [6.45, 7) is 1.71. The van der Waals surface area contributed by atoms with Crippen molar-refractivity contribution >= 4 is 5.91 Å². The molecule has 0 bridgehead atoms. The predicted octanol–water partition coefficient (Wildman–Crippen LogP) is 0.735. The van der Waals surface area contributed by atoms with Crippen molar-refractivity contribution in [2.45, 2.75) is 44.6 Å². The van der Waals surface area contributed by atoms with Crippen molar-refractivity contribution in [3.8, 4) is 0 Å². The quantitative estimate of drug-likeness (QED) is 0.699. The zero-order valence-electron chi connectivity index (χ0n) is 10.5. The standard InChI is InChI=1S/C13H24N2O2/c14-12-5-3-1-2-4-11(12)13(17)15-7-6-10(8-15)9-16/h10-12,16H,1-9,14H2. The van der Waals surface area contributed by atoms with Gasteiger partial charge in [-0.15, -0.1) is 0 Å². The van der Waals surface area contributed by atoms with Crippen LogP contribution in [0.2, 0.25) is 0 Å². The van der Waals surface area contributed by atoms with Crippen molar-refractivity contribution in [2.24, 2.45) is 17.6 Å². The molecule has 3 atom stereocenters. The van der Waals surface area contributed by atoms with Gasteiger partial charge < -0.3 is 15.7 Å². The number of rotatable bonds is 2. The topological polar surface area (TPSA) is 66.6 Å². The van der Waals surface area contributed by atoms with Crippen LogP contribution in [0.1, 0.15) is 38.5 Å². The summed E-state index contributed by atoms with van der Waals surface area (Å²) in [6, 6.07) is 0.0400. The highest BCUT2D eigenvalue weighted by molar-refractivity contribution is 5.79. The lowest BCUT2D eigenvalue weighted by molar-refractivity contribution is -0.135. The van der Waals surface area contributed by atoms with Gasteiger partial charge in [-0.25, -0.2) is 0 Å². The minimum Gasteiger partial charge on any atom is -0.396 e. The lowest BCUT2D eigenvalue weighted by Crippen LogP contribution is -2.43. The highest BCUT2D eigenvalue weighted by Crippen LogP contribution is 2.26. The number of carbonyl (C=O) groups excluding carboxylic acids is 1. The molecule has 1 saturated carbocycles. The average molecular weight is 240 g/mol. The van der Waals surface area contributed by atoms with Crippen LogP contribution in [-0.2, 0) is 4.79 Å². The van der Waals surface area contributed by atoms with E-state index in [1.165, 1.54) is 6.42 Å². The van der Waals surface area contributed by atoms with Crippen LogP contribution in [0.4, 0.5) is 0 Å². The second-order valence-electron chi connectivity index (χ2n) is 5.53. The first-order valence-electron chi connectivity index (χ1n) is 6.87. The van der Waals surface area contributed by atoms with Gasteiger partial charge in [0.25, 0.3) is 0 Å². The van der Waals surface area contributed by atoms with E-state index < -0.39 is 0 Å². The molecule has 1 amide bonds. The molecule has 0 aromatic rings. The first kappa shape index (κ1) is 12.8. The largest absolute Gasteiger partial charge is 0.396 e. The smallest absolute Gasteiger partial charge is 0.227 e. The molecule has 0 aromatic carbocycles. The molecule has 17 heavy (non-hydrogen) atoms. The highest BCUT2D eigenvalue weighted by Gasteiger charge is 2.33. The third-order valence-electron chi connectivity index (χ3n) is 4.24. The van der Waals surface area contributed by atoms with Gasteiger partial charge in [-0.3, -0.25) is 4.79 Å². The molecule has 2 rings (SSSR count). The fourth-order valence-electron chi connectivity index (χ4n) is 3.06. The number of nitrogens with zero attached hydrogens (tertiary/aromatic N) is 1. The summed E-state index contributed by atoms with van der Waals surface area (Å²) < 4.78 is 0. The van der Waals surface area contributed by atoms with Gasteiger partial charge in [0.2, 0.25) is 5.91 Å². The molecule has 4 heteroatoms. The molecule has 0 aromatic heterocycles. The summed E-state index contributed by atoms with van der Waals surface area (Å²) in [5.74, 6) is 0.534. The maximum Gasteiger partial charge on any atom is 0.227 e. The van der Waals surface area contributed by atoms with Crippen molar-refractivity contribution < 1.29 is 9.90 Å². The second kappa shape index (κ2) is 5.83. The summed E-state index contributed by atoms with van der Waals surface area (Å²) >= 11 is 0. The number of hydrogen-bond donors (Lipinski definition) is 2. The Balaban J connectivity index is 1.94. The number of aliphatic hydroxyl groups is 1. The summed E-state index contributed by atoms with van der Waals surface area (Å²) in [7, 11) is 0. The zero-order chi connectivity index (χ0) is 12.3. The molecule has 1 saturated heterocycles. The molecule has 0 spiro atoms. The van der Waals surface area contributed by atoms with Crippen LogP contribution in [0.15, 0.2) is 0 Å². The van der Waals surface area contributed by atoms with Gasteiger partial charge in [-0.2, -0.15) is 0 Å². The lowest BCUT2D eigenvalue weighted by Gasteiger charge is -2.26. The minimum atomic E-state index is 0.0231. The van der Waals surface area contributed by atoms with Crippen molar-refractivity contribution in [2.75, 3.05) is 19.7 Å². The monoisotopic (exact) mass is 240 g/mol. The number of likely N-dealkylation sites (tertiary alicyclic amines) is 1. The van der Waals surface area contributed by atoms with E-state index in [1.807, 2.05) is 4.90 Å². The van der Waals surface area contributed by atoms with Crippen molar-refractivity contribution in [3.63, 3.8) is 0 Å². The Hall–Kier alpha value is -0.610. The van der Waals surface area contributed by atoms with Gasteiger partial charge >= 0.3 is 0 Å². The molecule has 3 N–H and O–H groups in total. The molecule has 1 aliphatic carbocycles. The Morgan fingerprint density at radius 3 is 2.71 bits per heavy atom. The maximum atomic E-state index is 12.4. The van der Waals surface area contributed by atoms with Gasteiger partial charge in [0.15, 0.2) is 0 Å². The van der Waals surface area contributed by atoms with Gasteiger partial charge in [0.05, 0.1) is 5.92 Å². The zero-order valence-corrected chi connectivity index (χ0v) is 10.5. The average Bonchev–Trinajstić information content (AvgIpc) is 2.71. The lowest BCUT2D eigenvalue weighted by atomic mass is 9.94. The molecule has 2 aliphatic rings. The van der Waals surface area contributed by atoms with Crippen LogP contribution in [0.25, 0.3) is 0 Å². The first-order chi connectivity index (χ1) is 8.22.